The van der Waals surface area contributed by atoms with Gasteiger partial charge in [0.2, 0.25) is 5.91 Å². The number of hydrogen-bond donors (Lipinski definition) is 0. The molecule has 2 aliphatic rings. The molecule has 4 rings (SSSR count). The number of anilines is 1. The highest BCUT2D eigenvalue weighted by molar-refractivity contribution is 5.78. The predicted octanol–water partition coefficient (Wildman–Crippen LogP) is 2.08. The lowest BCUT2D eigenvalue weighted by Crippen LogP contribution is -2.50. The molecule has 1 aromatic carbocycles. The molecule has 0 aliphatic carbocycles. The van der Waals surface area contributed by atoms with Crippen LogP contribution in [0.2, 0.25) is 0 Å². The zero-order chi connectivity index (χ0) is 23.9. The highest BCUT2D eigenvalue weighted by Gasteiger charge is 2.37. The summed E-state index contributed by atoms with van der Waals surface area (Å²) in [6.07, 6.45) is 0.994. The van der Waals surface area contributed by atoms with Crippen LogP contribution in [0.5, 0.6) is 0 Å². The Kier molecular flexibility index (Phi) is 6.08. The first kappa shape index (κ1) is 23.1. The van der Waals surface area contributed by atoms with Gasteiger partial charge in [0.05, 0.1) is 0 Å². The van der Waals surface area contributed by atoms with Crippen molar-refractivity contribution in [1.29, 1.82) is 0 Å². The molecular weight excluding hydrogens is 418 g/mol. The number of carboxylic acid groups (broad SMARTS) is 1. The van der Waals surface area contributed by atoms with Crippen molar-refractivity contribution in [2.75, 3.05) is 32.1 Å². The summed E-state index contributed by atoms with van der Waals surface area (Å²) in [5, 5.41) is 11.0. The molecule has 0 N–H and O–H groups in total. The van der Waals surface area contributed by atoms with Gasteiger partial charge in [0.25, 0.3) is 5.56 Å². The summed E-state index contributed by atoms with van der Waals surface area (Å²) in [4.78, 5) is 41.2. The van der Waals surface area contributed by atoms with Crippen molar-refractivity contribution >= 4 is 17.6 Å². The van der Waals surface area contributed by atoms with Gasteiger partial charge in [0.1, 0.15) is 0 Å². The van der Waals surface area contributed by atoms with Crippen molar-refractivity contribution in [2.24, 2.45) is 11.3 Å². The second kappa shape index (κ2) is 8.69. The first-order valence-corrected chi connectivity index (χ1v) is 11.5. The highest BCUT2D eigenvalue weighted by Crippen LogP contribution is 2.37. The van der Waals surface area contributed by atoms with Crippen LogP contribution in [0.1, 0.15) is 44.7 Å². The number of rotatable bonds is 6. The van der Waals surface area contributed by atoms with Crippen molar-refractivity contribution in [3.8, 4) is 11.1 Å². The molecule has 0 radical (unpaired) electrons. The van der Waals surface area contributed by atoms with E-state index < -0.39 is 11.4 Å². The van der Waals surface area contributed by atoms with Crippen molar-refractivity contribution in [2.45, 2.75) is 45.6 Å². The Balaban J connectivity index is 1.55. The lowest BCUT2D eigenvalue weighted by molar-refractivity contribution is -0.307. The van der Waals surface area contributed by atoms with Gasteiger partial charge in [-0.05, 0) is 54.0 Å². The van der Waals surface area contributed by atoms with Crippen LogP contribution in [0.15, 0.2) is 41.2 Å². The molecule has 0 saturated carbocycles. The predicted molar refractivity (Wildman–Crippen MR) is 126 cm³/mol. The average molecular weight is 451 g/mol. The molecule has 0 unspecified atom stereocenters. The van der Waals surface area contributed by atoms with Gasteiger partial charge in [-0.25, -0.2) is 0 Å². The lowest BCUT2D eigenvalue weighted by atomic mass is 9.81. The molecule has 1 aromatic heterocycles. The summed E-state index contributed by atoms with van der Waals surface area (Å²) in [6.45, 7) is 5.33. The molecule has 1 fully saturated rings. The summed E-state index contributed by atoms with van der Waals surface area (Å²) >= 11 is 0. The molecule has 0 spiro atoms. The van der Waals surface area contributed by atoms with Crippen LogP contribution in [-0.4, -0.2) is 48.5 Å². The van der Waals surface area contributed by atoms with Gasteiger partial charge in [-0.2, -0.15) is 0 Å². The van der Waals surface area contributed by atoms with E-state index in [4.69, 9.17) is 0 Å². The standard InChI is InChI=1S/C26H33N3O4/c1-26(2,13-24(31)32)12-23(30)28-14-17-11-19(16-28)22-10-9-21(25(33)29(22)15-17)18-5-7-20(8-6-18)27(3)4/h5-10,17,19H,11-16H2,1-4H3,(H,31,32)/p-1/t17-,19+/m0/s1. The number of carboxylic acids is 1. The number of piperidine rings is 1. The third-order valence-electron chi connectivity index (χ3n) is 6.90. The van der Waals surface area contributed by atoms with Crippen LogP contribution in [0.3, 0.4) is 0 Å². The van der Waals surface area contributed by atoms with E-state index in [-0.39, 0.29) is 36.1 Å². The number of likely N-dealkylation sites (tertiary alicyclic amines) is 1. The third kappa shape index (κ3) is 4.82. The van der Waals surface area contributed by atoms with Crippen LogP contribution in [0.4, 0.5) is 5.69 Å². The summed E-state index contributed by atoms with van der Waals surface area (Å²) in [6, 6.07) is 11.9. The number of amides is 1. The number of fused-ring (bicyclic) bond motifs is 4. The number of nitrogens with zero attached hydrogens (tertiary/aromatic N) is 3. The van der Waals surface area contributed by atoms with Gasteiger partial charge in [0.15, 0.2) is 0 Å². The minimum Gasteiger partial charge on any atom is -0.550 e. The molecule has 1 saturated heterocycles. The summed E-state index contributed by atoms with van der Waals surface area (Å²) < 4.78 is 1.90. The van der Waals surface area contributed by atoms with Crippen LogP contribution in [0, 0.1) is 11.3 Å². The zero-order valence-corrected chi connectivity index (χ0v) is 19.8. The van der Waals surface area contributed by atoms with Gasteiger partial charge < -0.3 is 24.3 Å². The minimum absolute atomic E-state index is 0.0228. The van der Waals surface area contributed by atoms with Gasteiger partial charge in [0, 0.05) is 69.0 Å². The van der Waals surface area contributed by atoms with Crippen molar-refractivity contribution < 1.29 is 14.7 Å². The van der Waals surface area contributed by atoms with Gasteiger partial charge in [-0.3, -0.25) is 9.59 Å². The Morgan fingerprint density at radius 3 is 2.36 bits per heavy atom. The number of benzene rings is 1. The molecule has 176 valence electrons. The monoisotopic (exact) mass is 450 g/mol. The fourth-order valence-electron chi connectivity index (χ4n) is 5.28. The van der Waals surface area contributed by atoms with E-state index in [1.807, 2.05) is 64.9 Å². The lowest BCUT2D eigenvalue weighted by Gasteiger charge is -2.43. The van der Waals surface area contributed by atoms with Crippen LogP contribution >= 0.6 is 0 Å². The van der Waals surface area contributed by atoms with Gasteiger partial charge in [-0.15, -0.1) is 0 Å². The molecule has 2 atom stereocenters. The molecule has 1 amide bonds. The molecule has 3 heterocycles. The minimum atomic E-state index is -1.14. The van der Waals surface area contributed by atoms with E-state index in [0.29, 0.717) is 25.2 Å². The molecular formula is C26H32N3O4-. The molecule has 7 nitrogen and oxygen atoms in total. The SMILES string of the molecule is CN(C)c1ccc(-c2ccc3n(c2=O)C[C@H]2C[C@@H]3CN(C(=O)CC(C)(C)CC(=O)[O-])C2)cc1. The average Bonchev–Trinajstić information content (AvgIpc) is 2.73. The van der Waals surface area contributed by atoms with E-state index in [2.05, 4.69) is 0 Å². The van der Waals surface area contributed by atoms with Gasteiger partial charge in [-0.1, -0.05) is 26.0 Å². The topological polar surface area (TPSA) is 85.7 Å². The van der Waals surface area contributed by atoms with E-state index in [0.717, 1.165) is 23.4 Å². The van der Waals surface area contributed by atoms with Crippen molar-refractivity contribution in [3.63, 3.8) is 0 Å². The maximum atomic E-state index is 13.4. The Hall–Kier alpha value is -3.09. The summed E-state index contributed by atoms with van der Waals surface area (Å²) in [5.74, 6) is -0.829. The third-order valence-corrected chi connectivity index (χ3v) is 6.90. The molecule has 2 aromatic rings. The Morgan fingerprint density at radius 2 is 1.73 bits per heavy atom. The quantitative estimate of drug-likeness (QED) is 0.673. The van der Waals surface area contributed by atoms with Crippen LogP contribution in [-0.2, 0) is 16.1 Å². The summed E-state index contributed by atoms with van der Waals surface area (Å²) in [5.41, 5.74) is 3.04. The fourth-order valence-corrected chi connectivity index (χ4v) is 5.28. The Bertz CT molecular complexity index is 1120. The largest absolute Gasteiger partial charge is 0.550 e. The van der Waals surface area contributed by atoms with E-state index in [1.54, 1.807) is 13.8 Å². The zero-order valence-electron chi connectivity index (χ0n) is 19.8. The number of carbonyl (C=O) groups excluding carboxylic acids is 2. The van der Waals surface area contributed by atoms with E-state index in [1.165, 1.54) is 0 Å². The van der Waals surface area contributed by atoms with E-state index in [9.17, 15) is 19.5 Å². The van der Waals surface area contributed by atoms with E-state index >= 15 is 0 Å². The molecule has 7 heteroatoms. The normalized spacial score (nSPS) is 19.7. The van der Waals surface area contributed by atoms with Crippen molar-refractivity contribution in [3.05, 3.63) is 52.4 Å². The Labute approximate surface area is 194 Å². The smallest absolute Gasteiger partial charge is 0.258 e. The number of hydrogen-bond acceptors (Lipinski definition) is 5. The second-order valence-electron chi connectivity index (χ2n) is 10.5. The maximum absolute atomic E-state index is 13.4. The second-order valence-corrected chi connectivity index (χ2v) is 10.5. The fraction of sp³-hybridized carbons (Fsp3) is 0.500. The maximum Gasteiger partial charge on any atom is 0.258 e. The summed E-state index contributed by atoms with van der Waals surface area (Å²) in [7, 11) is 3.97. The number of pyridine rings is 1. The van der Waals surface area contributed by atoms with Crippen LogP contribution in [0.25, 0.3) is 11.1 Å². The Morgan fingerprint density at radius 1 is 1.03 bits per heavy atom. The first-order chi connectivity index (χ1) is 15.5. The van der Waals surface area contributed by atoms with Gasteiger partial charge >= 0.3 is 0 Å². The highest BCUT2D eigenvalue weighted by atomic mass is 16.4. The number of aromatic nitrogens is 1. The van der Waals surface area contributed by atoms with Crippen LogP contribution < -0.4 is 15.6 Å². The number of aliphatic carboxylic acids is 1. The first-order valence-electron chi connectivity index (χ1n) is 11.5. The van der Waals surface area contributed by atoms with Crippen molar-refractivity contribution in [1.82, 2.24) is 9.47 Å². The number of carbonyl (C=O) groups is 2. The molecule has 33 heavy (non-hydrogen) atoms. The molecule has 2 bridgehead atoms. The molecule has 2 aliphatic heterocycles.